The lowest BCUT2D eigenvalue weighted by Gasteiger charge is -2.27. The monoisotopic (exact) mass is 520 g/mol. The van der Waals surface area contributed by atoms with Gasteiger partial charge >= 0.3 is 0 Å². The van der Waals surface area contributed by atoms with Gasteiger partial charge < -0.3 is 9.47 Å². The second kappa shape index (κ2) is 10.1. The Bertz CT molecular complexity index is 1090. The molecule has 3 rings (SSSR count). The van der Waals surface area contributed by atoms with Crippen molar-refractivity contribution in [1.29, 1.82) is 0 Å². The van der Waals surface area contributed by atoms with Crippen LogP contribution in [-0.2, 0) is 16.2 Å². The molecule has 9 heteroatoms. The maximum absolute atomic E-state index is 12.7. The number of rotatable bonds is 7. The predicted molar refractivity (Wildman–Crippen MR) is 127 cm³/mol. The van der Waals surface area contributed by atoms with Crippen LogP contribution in [0.5, 0.6) is 11.5 Å². The fourth-order valence-electron chi connectivity index (χ4n) is 2.82. The van der Waals surface area contributed by atoms with Crippen LogP contribution in [0.4, 0.5) is 0 Å². The molecule has 6 nitrogen and oxygen atoms in total. The van der Waals surface area contributed by atoms with Gasteiger partial charge in [0.25, 0.3) is 11.8 Å². The van der Waals surface area contributed by atoms with Crippen LogP contribution in [0.2, 0.25) is 5.02 Å². The van der Waals surface area contributed by atoms with E-state index in [9.17, 15) is 9.59 Å². The van der Waals surface area contributed by atoms with Crippen LogP contribution in [0.3, 0.4) is 0 Å². The SMILES string of the molecule is C=CCN1C(=O)/C(=C/c2cc(OC)c(OCc3ccc(Cl)cc3)cc2Br)C(=O)NC1=S. The van der Waals surface area contributed by atoms with Crippen LogP contribution < -0.4 is 14.8 Å². The summed E-state index contributed by atoms with van der Waals surface area (Å²) in [5.41, 5.74) is 1.46. The number of methoxy groups -OCH3 is 1. The zero-order valence-corrected chi connectivity index (χ0v) is 19.6. The van der Waals surface area contributed by atoms with Crippen molar-refractivity contribution in [2.45, 2.75) is 6.61 Å². The molecule has 31 heavy (non-hydrogen) atoms. The van der Waals surface area contributed by atoms with E-state index in [1.807, 2.05) is 12.1 Å². The lowest BCUT2D eigenvalue weighted by Crippen LogP contribution is -2.53. The number of carbonyl (C=O) groups is 2. The van der Waals surface area contributed by atoms with E-state index in [0.29, 0.717) is 33.2 Å². The van der Waals surface area contributed by atoms with Gasteiger partial charge in [0.05, 0.1) is 7.11 Å². The fraction of sp³-hybridized carbons (Fsp3) is 0.136. The molecule has 0 aromatic heterocycles. The van der Waals surface area contributed by atoms with Gasteiger partial charge in [-0.05, 0) is 53.7 Å². The molecule has 0 unspecified atom stereocenters. The van der Waals surface area contributed by atoms with Crippen LogP contribution >= 0.6 is 39.7 Å². The molecular weight excluding hydrogens is 504 g/mol. The van der Waals surface area contributed by atoms with Crippen molar-refractivity contribution in [2.24, 2.45) is 0 Å². The smallest absolute Gasteiger partial charge is 0.265 e. The Kier molecular flexibility index (Phi) is 7.48. The third kappa shape index (κ3) is 5.33. The molecule has 1 aliphatic rings. The molecule has 2 aromatic rings. The Morgan fingerprint density at radius 1 is 1.23 bits per heavy atom. The Labute approximate surface area is 198 Å². The first-order valence-electron chi connectivity index (χ1n) is 9.08. The number of hydrogen-bond donors (Lipinski definition) is 1. The van der Waals surface area contributed by atoms with Gasteiger partial charge in [-0.15, -0.1) is 6.58 Å². The number of carbonyl (C=O) groups excluding carboxylic acids is 2. The molecule has 0 radical (unpaired) electrons. The summed E-state index contributed by atoms with van der Waals surface area (Å²) in [6.07, 6.45) is 3.01. The summed E-state index contributed by atoms with van der Waals surface area (Å²) in [4.78, 5) is 26.4. The summed E-state index contributed by atoms with van der Waals surface area (Å²) in [5.74, 6) is -0.113. The highest BCUT2D eigenvalue weighted by molar-refractivity contribution is 9.10. The van der Waals surface area contributed by atoms with E-state index >= 15 is 0 Å². The molecule has 2 aromatic carbocycles. The normalized spacial score (nSPS) is 15.1. The van der Waals surface area contributed by atoms with Gasteiger partial charge in [-0.25, -0.2) is 0 Å². The summed E-state index contributed by atoms with van der Waals surface area (Å²) in [5, 5.41) is 3.22. The Morgan fingerprint density at radius 2 is 1.94 bits per heavy atom. The van der Waals surface area contributed by atoms with E-state index in [2.05, 4.69) is 27.8 Å². The summed E-state index contributed by atoms with van der Waals surface area (Å²) in [7, 11) is 1.51. The lowest BCUT2D eigenvalue weighted by molar-refractivity contribution is -0.128. The summed E-state index contributed by atoms with van der Waals surface area (Å²) in [6, 6.07) is 10.7. The number of halogens is 2. The molecule has 160 valence electrons. The Hall–Kier alpha value is -2.68. The van der Waals surface area contributed by atoms with Crippen LogP contribution in [0.1, 0.15) is 11.1 Å². The number of thiocarbonyl (C=S) groups is 1. The largest absolute Gasteiger partial charge is 0.493 e. The molecule has 0 saturated carbocycles. The molecule has 1 N–H and O–H groups in total. The van der Waals surface area contributed by atoms with Crippen molar-refractivity contribution in [1.82, 2.24) is 10.2 Å². The van der Waals surface area contributed by atoms with Gasteiger partial charge in [-0.3, -0.25) is 19.8 Å². The minimum Gasteiger partial charge on any atom is -0.493 e. The second-order valence-corrected chi connectivity index (χ2v) is 8.14. The highest BCUT2D eigenvalue weighted by Gasteiger charge is 2.32. The summed E-state index contributed by atoms with van der Waals surface area (Å²) >= 11 is 14.5. The van der Waals surface area contributed by atoms with E-state index < -0.39 is 11.8 Å². The third-order valence-corrected chi connectivity index (χ3v) is 5.65. The Balaban J connectivity index is 1.89. The zero-order chi connectivity index (χ0) is 22.5. The molecule has 1 aliphatic heterocycles. The van der Waals surface area contributed by atoms with Crippen molar-refractivity contribution in [3.63, 3.8) is 0 Å². The maximum Gasteiger partial charge on any atom is 0.265 e. The maximum atomic E-state index is 12.7. The predicted octanol–water partition coefficient (Wildman–Crippen LogP) is 4.50. The van der Waals surface area contributed by atoms with E-state index in [-0.39, 0.29) is 17.2 Å². The molecule has 1 saturated heterocycles. The number of nitrogens with zero attached hydrogens (tertiary/aromatic N) is 1. The number of hydrogen-bond acceptors (Lipinski definition) is 5. The fourth-order valence-corrected chi connectivity index (χ4v) is 3.63. The molecule has 0 spiro atoms. The molecule has 2 amide bonds. The quantitative estimate of drug-likeness (QED) is 0.251. The van der Waals surface area contributed by atoms with Gasteiger partial charge in [0.1, 0.15) is 12.2 Å². The minimum absolute atomic E-state index is 0.0481. The third-order valence-electron chi connectivity index (χ3n) is 4.39. The topological polar surface area (TPSA) is 67.9 Å². The van der Waals surface area contributed by atoms with E-state index in [1.54, 1.807) is 24.3 Å². The van der Waals surface area contributed by atoms with E-state index in [0.717, 1.165) is 5.56 Å². The zero-order valence-electron chi connectivity index (χ0n) is 16.5. The number of nitrogens with one attached hydrogen (secondary N) is 1. The molecule has 0 aliphatic carbocycles. The average Bonchev–Trinajstić information content (AvgIpc) is 2.74. The highest BCUT2D eigenvalue weighted by atomic mass is 79.9. The molecule has 0 bridgehead atoms. The standard InChI is InChI=1S/C22H18BrClN2O4S/c1-3-8-26-21(28)16(20(27)25-22(26)31)9-14-10-18(29-2)19(11-17(14)23)30-12-13-4-6-15(24)7-5-13/h3-7,9-11H,1,8,12H2,2H3,(H,25,27,31)/b16-9+. The molecule has 1 heterocycles. The summed E-state index contributed by atoms with van der Waals surface area (Å²) in [6.45, 7) is 4.12. The first kappa shape index (κ1) is 23.0. The first-order chi connectivity index (χ1) is 14.8. The van der Waals surface area contributed by atoms with Gasteiger partial charge in [-0.2, -0.15) is 0 Å². The lowest BCUT2D eigenvalue weighted by atomic mass is 10.1. The van der Waals surface area contributed by atoms with Crippen molar-refractivity contribution < 1.29 is 19.1 Å². The molecule has 1 fully saturated rings. The number of amides is 2. The second-order valence-electron chi connectivity index (χ2n) is 6.46. The van der Waals surface area contributed by atoms with Gasteiger partial charge in [0.15, 0.2) is 16.6 Å². The van der Waals surface area contributed by atoms with Crippen LogP contribution in [0.15, 0.2) is 59.1 Å². The van der Waals surface area contributed by atoms with Gasteiger partial charge in [0.2, 0.25) is 0 Å². The summed E-state index contributed by atoms with van der Waals surface area (Å²) < 4.78 is 11.9. The highest BCUT2D eigenvalue weighted by Crippen LogP contribution is 2.35. The molecule has 0 atom stereocenters. The van der Waals surface area contributed by atoms with Crippen molar-refractivity contribution in [3.8, 4) is 11.5 Å². The number of benzene rings is 2. The van der Waals surface area contributed by atoms with Gasteiger partial charge in [0, 0.05) is 16.0 Å². The Morgan fingerprint density at radius 3 is 2.58 bits per heavy atom. The first-order valence-corrected chi connectivity index (χ1v) is 10.7. The van der Waals surface area contributed by atoms with Crippen LogP contribution in [-0.4, -0.2) is 35.5 Å². The van der Waals surface area contributed by atoms with Crippen molar-refractivity contribution >= 4 is 62.8 Å². The average molecular weight is 522 g/mol. The van der Waals surface area contributed by atoms with Crippen molar-refractivity contribution in [2.75, 3.05) is 13.7 Å². The van der Waals surface area contributed by atoms with Gasteiger partial charge in [-0.1, -0.05) is 45.7 Å². The van der Waals surface area contributed by atoms with E-state index in [1.165, 1.54) is 24.2 Å². The van der Waals surface area contributed by atoms with E-state index in [4.69, 9.17) is 33.3 Å². The van der Waals surface area contributed by atoms with Crippen molar-refractivity contribution in [3.05, 3.63) is 75.2 Å². The van der Waals surface area contributed by atoms with Crippen LogP contribution in [0, 0.1) is 0 Å². The van der Waals surface area contributed by atoms with Crippen LogP contribution in [0.25, 0.3) is 6.08 Å². The number of ether oxygens (including phenoxy) is 2. The minimum atomic E-state index is -0.566. The molecular formula is C22H18BrClN2O4S.